The average molecular weight is 237 g/mol. The van der Waals surface area contributed by atoms with Crippen molar-refractivity contribution < 1.29 is 0 Å². The van der Waals surface area contributed by atoms with Crippen molar-refractivity contribution in [3.63, 3.8) is 0 Å². The minimum Gasteiger partial charge on any atom is -0.347 e. The third-order valence-corrected chi connectivity index (χ3v) is 2.91. The third-order valence-electron chi connectivity index (χ3n) is 2.91. The zero-order valence-corrected chi connectivity index (χ0v) is 10.1. The first-order valence-electron chi connectivity index (χ1n) is 6.21. The molecule has 1 aliphatic rings. The number of nitrogens with zero attached hydrogens (tertiary/aromatic N) is 2. The van der Waals surface area contributed by atoms with Crippen molar-refractivity contribution >= 4 is 12.0 Å². The molecule has 1 heterocycles. The van der Waals surface area contributed by atoms with Crippen LogP contribution in [0.5, 0.6) is 0 Å². The van der Waals surface area contributed by atoms with Crippen LogP contribution in [0.3, 0.4) is 0 Å². The fourth-order valence-corrected chi connectivity index (χ4v) is 1.71. The van der Waals surface area contributed by atoms with Crippen molar-refractivity contribution in [2.24, 2.45) is 4.99 Å². The minimum absolute atomic E-state index is 0.560. The van der Waals surface area contributed by atoms with E-state index in [1.54, 1.807) is 6.34 Å². The van der Waals surface area contributed by atoms with Crippen molar-refractivity contribution in [1.82, 2.24) is 4.98 Å². The first-order chi connectivity index (χ1) is 8.92. The number of benzene rings is 1. The van der Waals surface area contributed by atoms with Gasteiger partial charge in [0.05, 0.1) is 18.1 Å². The SMILES string of the molecule is C(=NC1CC1)Nc1ccc(-c2ccccn2)cc1. The van der Waals surface area contributed by atoms with Gasteiger partial charge in [0, 0.05) is 17.4 Å². The topological polar surface area (TPSA) is 37.3 Å². The molecular formula is C15H15N3. The maximum atomic E-state index is 4.36. The van der Waals surface area contributed by atoms with Crippen LogP contribution in [0.15, 0.2) is 53.7 Å². The summed E-state index contributed by atoms with van der Waals surface area (Å²) in [5, 5.41) is 3.18. The number of rotatable bonds is 4. The Kier molecular flexibility index (Phi) is 3.05. The maximum absolute atomic E-state index is 4.36. The zero-order valence-electron chi connectivity index (χ0n) is 10.1. The average Bonchev–Trinajstić information content (AvgIpc) is 3.25. The molecule has 3 heteroatoms. The van der Waals surface area contributed by atoms with Gasteiger partial charge in [0.25, 0.3) is 0 Å². The fraction of sp³-hybridized carbons (Fsp3) is 0.200. The lowest BCUT2D eigenvalue weighted by Crippen LogP contribution is -1.95. The molecule has 0 saturated heterocycles. The lowest BCUT2D eigenvalue weighted by atomic mass is 10.1. The highest BCUT2D eigenvalue weighted by molar-refractivity contribution is 5.77. The summed E-state index contributed by atoms with van der Waals surface area (Å²) in [6.45, 7) is 0. The Labute approximate surface area is 107 Å². The monoisotopic (exact) mass is 237 g/mol. The molecular weight excluding hydrogens is 222 g/mol. The molecule has 3 rings (SSSR count). The highest BCUT2D eigenvalue weighted by Gasteiger charge is 2.18. The van der Waals surface area contributed by atoms with E-state index in [1.807, 2.05) is 36.5 Å². The molecule has 0 aliphatic heterocycles. The molecule has 1 aromatic carbocycles. The van der Waals surface area contributed by atoms with E-state index in [4.69, 9.17) is 0 Å². The summed E-state index contributed by atoms with van der Waals surface area (Å²) in [6, 6.07) is 14.7. The van der Waals surface area contributed by atoms with Gasteiger partial charge < -0.3 is 5.32 Å². The lowest BCUT2D eigenvalue weighted by molar-refractivity contribution is 1.08. The number of hydrogen-bond donors (Lipinski definition) is 1. The van der Waals surface area contributed by atoms with Gasteiger partial charge in [-0.1, -0.05) is 18.2 Å². The summed E-state index contributed by atoms with van der Waals surface area (Å²) in [5.74, 6) is 0. The molecule has 3 nitrogen and oxygen atoms in total. The predicted molar refractivity (Wildman–Crippen MR) is 74.8 cm³/mol. The number of aromatic nitrogens is 1. The summed E-state index contributed by atoms with van der Waals surface area (Å²) in [6.07, 6.45) is 6.07. The Morgan fingerprint density at radius 3 is 2.61 bits per heavy atom. The van der Waals surface area contributed by atoms with Crippen LogP contribution < -0.4 is 5.32 Å². The van der Waals surface area contributed by atoms with E-state index in [-0.39, 0.29) is 0 Å². The van der Waals surface area contributed by atoms with Crippen LogP contribution in [0.4, 0.5) is 5.69 Å². The van der Waals surface area contributed by atoms with Crippen LogP contribution in [0.2, 0.25) is 0 Å². The summed E-state index contributed by atoms with van der Waals surface area (Å²) in [5.41, 5.74) is 3.18. The number of anilines is 1. The van der Waals surface area contributed by atoms with E-state index in [0.717, 1.165) is 16.9 Å². The Hall–Kier alpha value is -2.16. The van der Waals surface area contributed by atoms with Crippen LogP contribution in [0.25, 0.3) is 11.3 Å². The van der Waals surface area contributed by atoms with Crippen molar-refractivity contribution in [2.45, 2.75) is 18.9 Å². The fourth-order valence-electron chi connectivity index (χ4n) is 1.71. The Morgan fingerprint density at radius 1 is 1.11 bits per heavy atom. The quantitative estimate of drug-likeness (QED) is 0.654. The second-order valence-electron chi connectivity index (χ2n) is 4.45. The van der Waals surface area contributed by atoms with E-state index in [9.17, 15) is 0 Å². The molecule has 1 N–H and O–H groups in total. The Morgan fingerprint density at radius 2 is 1.94 bits per heavy atom. The van der Waals surface area contributed by atoms with E-state index >= 15 is 0 Å². The molecule has 0 amide bonds. The van der Waals surface area contributed by atoms with E-state index in [0.29, 0.717) is 6.04 Å². The van der Waals surface area contributed by atoms with E-state index in [1.165, 1.54) is 12.8 Å². The van der Waals surface area contributed by atoms with Crippen molar-refractivity contribution in [1.29, 1.82) is 0 Å². The molecule has 0 unspecified atom stereocenters. The molecule has 1 fully saturated rings. The Balaban J connectivity index is 1.68. The van der Waals surface area contributed by atoms with Gasteiger partial charge in [-0.15, -0.1) is 0 Å². The van der Waals surface area contributed by atoms with Crippen LogP contribution >= 0.6 is 0 Å². The standard InChI is InChI=1S/C15H15N3/c1-2-10-16-15(3-1)12-4-6-13(7-5-12)17-11-18-14-8-9-14/h1-7,10-11,14H,8-9H2,(H,17,18). The molecule has 1 aliphatic carbocycles. The largest absolute Gasteiger partial charge is 0.347 e. The van der Waals surface area contributed by atoms with Gasteiger partial charge >= 0.3 is 0 Å². The number of aliphatic imine (C=N–C) groups is 1. The van der Waals surface area contributed by atoms with Crippen LogP contribution in [0, 0.1) is 0 Å². The molecule has 0 atom stereocenters. The number of pyridine rings is 1. The third kappa shape index (κ3) is 2.74. The second kappa shape index (κ2) is 5.00. The number of nitrogens with one attached hydrogen (secondary N) is 1. The zero-order chi connectivity index (χ0) is 12.2. The summed E-state index contributed by atoms with van der Waals surface area (Å²) in [7, 11) is 0. The van der Waals surface area contributed by atoms with Crippen molar-refractivity contribution in [3.8, 4) is 11.3 Å². The van der Waals surface area contributed by atoms with Crippen LogP contribution in [0.1, 0.15) is 12.8 Å². The first kappa shape index (κ1) is 11.0. The number of hydrogen-bond acceptors (Lipinski definition) is 2. The van der Waals surface area contributed by atoms with Gasteiger partial charge in [-0.3, -0.25) is 9.98 Å². The van der Waals surface area contributed by atoms with Gasteiger partial charge in [-0.05, 0) is 37.1 Å². The molecule has 2 aromatic rings. The molecule has 90 valence electrons. The van der Waals surface area contributed by atoms with Crippen molar-refractivity contribution in [2.75, 3.05) is 5.32 Å². The summed E-state index contributed by atoms with van der Waals surface area (Å²) >= 11 is 0. The first-order valence-corrected chi connectivity index (χ1v) is 6.21. The Bertz CT molecular complexity index is 527. The molecule has 0 radical (unpaired) electrons. The molecule has 0 bridgehead atoms. The van der Waals surface area contributed by atoms with E-state index in [2.05, 4.69) is 27.4 Å². The van der Waals surface area contributed by atoms with Gasteiger partial charge in [0.2, 0.25) is 0 Å². The molecule has 1 saturated carbocycles. The molecule has 1 aromatic heterocycles. The van der Waals surface area contributed by atoms with Gasteiger partial charge in [-0.2, -0.15) is 0 Å². The van der Waals surface area contributed by atoms with Crippen LogP contribution in [-0.4, -0.2) is 17.4 Å². The maximum Gasteiger partial charge on any atom is 0.0871 e. The highest BCUT2D eigenvalue weighted by atomic mass is 15.0. The normalized spacial score (nSPS) is 14.9. The van der Waals surface area contributed by atoms with Gasteiger partial charge in [0.1, 0.15) is 0 Å². The predicted octanol–water partition coefficient (Wildman–Crippen LogP) is 3.35. The molecule has 18 heavy (non-hydrogen) atoms. The van der Waals surface area contributed by atoms with Crippen LogP contribution in [-0.2, 0) is 0 Å². The lowest BCUT2D eigenvalue weighted by Gasteiger charge is -2.03. The highest BCUT2D eigenvalue weighted by Crippen LogP contribution is 2.23. The minimum atomic E-state index is 0.560. The van der Waals surface area contributed by atoms with Gasteiger partial charge in [0.15, 0.2) is 0 Å². The van der Waals surface area contributed by atoms with E-state index < -0.39 is 0 Å². The second-order valence-corrected chi connectivity index (χ2v) is 4.45. The summed E-state index contributed by atoms with van der Waals surface area (Å²) < 4.78 is 0. The molecule has 0 spiro atoms. The summed E-state index contributed by atoms with van der Waals surface area (Å²) in [4.78, 5) is 8.69. The smallest absolute Gasteiger partial charge is 0.0871 e. The van der Waals surface area contributed by atoms with Gasteiger partial charge in [-0.25, -0.2) is 0 Å². The van der Waals surface area contributed by atoms with Crippen molar-refractivity contribution in [3.05, 3.63) is 48.7 Å².